The first-order valence-corrected chi connectivity index (χ1v) is 9.14. The van der Waals surface area contributed by atoms with Gasteiger partial charge in [-0.3, -0.25) is 14.9 Å². The first-order valence-electron chi connectivity index (χ1n) is 9.14. The minimum atomic E-state index is -4.62. The van der Waals surface area contributed by atoms with E-state index in [1.807, 2.05) is 0 Å². The Bertz CT molecular complexity index is 1170. The van der Waals surface area contributed by atoms with Crippen LogP contribution in [0.1, 0.15) is 23.9 Å². The van der Waals surface area contributed by atoms with Crippen LogP contribution in [-0.4, -0.2) is 32.2 Å². The van der Waals surface area contributed by atoms with Gasteiger partial charge in [-0.1, -0.05) is 0 Å². The first-order chi connectivity index (χ1) is 14.5. The number of ether oxygens (including phenoxy) is 1. The second kappa shape index (κ2) is 8.20. The number of nitrogens with zero attached hydrogens (tertiary/aromatic N) is 4. The van der Waals surface area contributed by atoms with Gasteiger partial charge in [0.2, 0.25) is 5.91 Å². The maximum atomic E-state index is 13.4. The number of rotatable bonds is 6. The summed E-state index contributed by atoms with van der Waals surface area (Å²) in [7, 11) is 0. The van der Waals surface area contributed by atoms with E-state index < -0.39 is 29.1 Å². The monoisotopic (exact) mass is 437 g/mol. The fourth-order valence-electron chi connectivity index (χ4n) is 3.16. The molecule has 0 aliphatic heterocycles. The van der Waals surface area contributed by atoms with Gasteiger partial charge in [-0.25, -0.2) is 9.67 Å². The molecule has 31 heavy (non-hydrogen) atoms. The highest BCUT2D eigenvalue weighted by Crippen LogP contribution is 2.36. The van der Waals surface area contributed by atoms with Gasteiger partial charge in [0, 0.05) is 5.69 Å². The molecule has 0 saturated carbocycles. The van der Waals surface area contributed by atoms with Crippen molar-refractivity contribution in [1.29, 1.82) is 0 Å². The molecule has 1 N–H and O–H groups in total. The summed E-state index contributed by atoms with van der Waals surface area (Å²) in [6.07, 6.45) is -4.62. The van der Waals surface area contributed by atoms with Crippen molar-refractivity contribution in [3.8, 4) is 5.75 Å². The maximum Gasteiger partial charge on any atom is 0.417 e. The molecule has 0 bridgehead atoms. The molecular formula is C19H18F3N5O4. The first kappa shape index (κ1) is 22.0. The molecule has 0 unspecified atom stereocenters. The van der Waals surface area contributed by atoms with E-state index >= 15 is 0 Å². The molecule has 0 aliphatic carbocycles. The highest BCUT2D eigenvalue weighted by atomic mass is 19.4. The van der Waals surface area contributed by atoms with Crippen LogP contribution in [-0.2, 0) is 17.5 Å². The number of amides is 1. The largest absolute Gasteiger partial charge is 0.494 e. The average Bonchev–Trinajstić information content (AvgIpc) is 2.96. The summed E-state index contributed by atoms with van der Waals surface area (Å²) in [6.45, 7) is 4.34. The molecule has 3 rings (SSSR count). The summed E-state index contributed by atoms with van der Waals surface area (Å²) in [5.41, 5.74) is -1.26. The Morgan fingerprint density at radius 3 is 2.61 bits per heavy atom. The third-order valence-electron chi connectivity index (χ3n) is 4.36. The van der Waals surface area contributed by atoms with Crippen molar-refractivity contribution in [3.05, 3.63) is 51.3 Å². The van der Waals surface area contributed by atoms with Crippen LogP contribution in [0.15, 0.2) is 24.3 Å². The van der Waals surface area contributed by atoms with E-state index in [0.29, 0.717) is 6.61 Å². The number of benzene rings is 1. The number of aromatic nitrogens is 3. The van der Waals surface area contributed by atoms with Gasteiger partial charge in [-0.15, -0.1) is 0 Å². The number of nitro benzene ring substituents is 1. The number of anilines is 1. The van der Waals surface area contributed by atoms with Crippen molar-refractivity contribution in [3.63, 3.8) is 0 Å². The van der Waals surface area contributed by atoms with Crippen LogP contribution in [0.3, 0.4) is 0 Å². The molecule has 1 aromatic carbocycles. The zero-order chi connectivity index (χ0) is 22.9. The van der Waals surface area contributed by atoms with Crippen LogP contribution in [0.25, 0.3) is 11.0 Å². The van der Waals surface area contributed by atoms with Gasteiger partial charge in [-0.05, 0) is 39.0 Å². The number of alkyl halides is 3. The number of carbonyl (C=O) groups is 1. The predicted molar refractivity (Wildman–Crippen MR) is 105 cm³/mol. The Hall–Kier alpha value is -3.70. The highest BCUT2D eigenvalue weighted by Gasteiger charge is 2.35. The van der Waals surface area contributed by atoms with Gasteiger partial charge in [0.05, 0.1) is 34.2 Å². The zero-order valence-corrected chi connectivity index (χ0v) is 16.8. The number of halogens is 3. The van der Waals surface area contributed by atoms with Crippen molar-refractivity contribution in [1.82, 2.24) is 14.8 Å². The van der Waals surface area contributed by atoms with Gasteiger partial charge in [0.25, 0.3) is 5.69 Å². The molecule has 0 saturated heterocycles. The van der Waals surface area contributed by atoms with Gasteiger partial charge in [0.1, 0.15) is 18.0 Å². The van der Waals surface area contributed by atoms with Crippen LogP contribution in [0.2, 0.25) is 0 Å². The molecule has 12 heteroatoms. The number of nitro groups is 1. The number of pyridine rings is 1. The van der Waals surface area contributed by atoms with Crippen molar-refractivity contribution >= 4 is 28.3 Å². The fourth-order valence-corrected chi connectivity index (χ4v) is 3.16. The van der Waals surface area contributed by atoms with Crippen molar-refractivity contribution in [2.45, 2.75) is 33.5 Å². The predicted octanol–water partition coefficient (Wildman–Crippen LogP) is 4.01. The van der Waals surface area contributed by atoms with Crippen LogP contribution in [0, 0.1) is 24.0 Å². The van der Waals surface area contributed by atoms with Gasteiger partial charge in [-0.2, -0.15) is 18.3 Å². The van der Waals surface area contributed by atoms with Gasteiger partial charge in [0.15, 0.2) is 5.65 Å². The fraction of sp³-hybridized carbons (Fsp3) is 0.316. The van der Waals surface area contributed by atoms with E-state index in [2.05, 4.69) is 15.4 Å². The lowest BCUT2D eigenvalue weighted by atomic mass is 10.1. The third kappa shape index (κ3) is 4.57. The summed E-state index contributed by atoms with van der Waals surface area (Å²) in [6, 6.07) is 4.87. The summed E-state index contributed by atoms with van der Waals surface area (Å²) >= 11 is 0. The summed E-state index contributed by atoms with van der Waals surface area (Å²) < 4.78 is 46.5. The Kier molecular flexibility index (Phi) is 5.82. The smallest absolute Gasteiger partial charge is 0.417 e. The second-order valence-corrected chi connectivity index (χ2v) is 6.67. The molecule has 3 aromatic rings. The average molecular weight is 437 g/mol. The molecule has 2 heterocycles. The van der Waals surface area contributed by atoms with Crippen LogP contribution in [0.4, 0.5) is 24.5 Å². The highest BCUT2D eigenvalue weighted by molar-refractivity contribution is 5.94. The van der Waals surface area contributed by atoms with E-state index in [0.717, 1.165) is 10.7 Å². The molecule has 9 nitrogen and oxygen atoms in total. The van der Waals surface area contributed by atoms with Crippen LogP contribution < -0.4 is 10.1 Å². The van der Waals surface area contributed by atoms with Crippen molar-refractivity contribution < 1.29 is 27.6 Å². The number of fused-ring (bicyclic) bond motifs is 1. The van der Waals surface area contributed by atoms with E-state index in [1.54, 1.807) is 6.92 Å². The molecule has 164 valence electrons. The summed E-state index contributed by atoms with van der Waals surface area (Å²) in [5, 5.41) is 17.6. The lowest BCUT2D eigenvalue weighted by Crippen LogP contribution is -2.20. The minimum Gasteiger partial charge on any atom is -0.494 e. The Morgan fingerprint density at radius 1 is 1.29 bits per heavy atom. The molecule has 0 atom stereocenters. The Morgan fingerprint density at radius 2 is 2.00 bits per heavy atom. The molecule has 0 aliphatic rings. The molecule has 2 aromatic heterocycles. The number of hydrogen-bond donors (Lipinski definition) is 1. The molecule has 0 spiro atoms. The van der Waals surface area contributed by atoms with Crippen molar-refractivity contribution in [2.24, 2.45) is 0 Å². The molecule has 0 radical (unpaired) electrons. The van der Waals surface area contributed by atoms with Gasteiger partial charge >= 0.3 is 6.18 Å². The van der Waals surface area contributed by atoms with E-state index in [1.165, 1.54) is 32.0 Å². The lowest BCUT2D eigenvalue weighted by molar-refractivity contribution is -0.384. The summed E-state index contributed by atoms with van der Waals surface area (Å²) in [4.78, 5) is 27.3. The van der Waals surface area contributed by atoms with Crippen LogP contribution in [0.5, 0.6) is 5.75 Å². The summed E-state index contributed by atoms with van der Waals surface area (Å²) in [5.74, 6) is -0.450. The van der Waals surface area contributed by atoms with Crippen molar-refractivity contribution in [2.75, 3.05) is 11.9 Å². The van der Waals surface area contributed by atoms with E-state index in [-0.39, 0.29) is 39.5 Å². The maximum absolute atomic E-state index is 13.4. The Labute approximate surface area is 174 Å². The third-order valence-corrected chi connectivity index (χ3v) is 4.36. The quantitative estimate of drug-likeness (QED) is 0.461. The molecule has 0 fully saturated rings. The minimum absolute atomic E-state index is 0.0645. The number of aryl methyl sites for hydroxylation is 2. The topological polar surface area (TPSA) is 112 Å². The Balaban J connectivity index is 1.93. The normalized spacial score (nSPS) is 11.5. The number of carbonyl (C=O) groups excluding carboxylic acids is 1. The molecular weight excluding hydrogens is 419 g/mol. The van der Waals surface area contributed by atoms with E-state index in [4.69, 9.17) is 4.74 Å². The second-order valence-electron chi connectivity index (χ2n) is 6.67. The lowest BCUT2D eigenvalue weighted by Gasteiger charge is -2.10. The van der Waals surface area contributed by atoms with Crippen LogP contribution >= 0.6 is 0 Å². The molecule has 1 amide bonds. The number of hydrogen-bond acceptors (Lipinski definition) is 6. The SMILES string of the molecule is CCOc1ccc(NC(=O)Cn2nc(C)c3c(C(F)(F)F)cc(C)nc32)c([N+](=O)[O-])c1. The standard InChI is InChI=1S/C19H18F3N5O4/c1-4-31-12-5-6-14(15(8-12)27(29)30)24-16(28)9-26-18-17(11(3)25-26)13(19(20,21)22)7-10(2)23-18/h5-8H,4,9H2,1-3H3,(H,24,28). The van der Waals surface area contributed by atoms with E-state index in [9.17, 15) is 28.1 Å². The zero-order valence-electron chi connectivity index (χ0n) is 16.8. The van der Waals surface area contributed by atoms with Gasteiger partial charge < -0.3 is 10.1 Å². The number of nitrogens with one attached hydrogen (secondary N) is 1.